The fourth-order valence-corrected chi connectivity index (χ4v) is 4.40. The summed E-state index contributed by atoms with van der Waals surface area (Å²) in [5, 5.41) is 0. The van der Waals surface area contributed by atoms with Gasteiger partial charge in [0.2, 0.25) is 5.91 Å². The minimum absolute atomic E-state index is 0.00151. The summed E-state index contributed by atoms with van der Waals surface area (Å²) in [4.78, 5) is 49.2. The van der Waals surface area contributed by atoms with Crippen LogP contribution >= 0.6 is 0 Å². The van der Waals surface area contributed by atoms with Crippen molar-refractivity contribution < 1.29 is 9.59 Å². The molecule has 0 bridgehead atoms. The zero-order chi connectivity index (χ0) is 22.0. The molecule has 8 heteroatoms. The van der Waals surface area contributed by atoms with Crippen molar-refractivity contribution in [3.8, 4) is 0 Å². The number of hydrogen-bond donors (Lipinski definition) is 0. The highest BCUT2D eigenvalue weighted by Gasteiger charge is 2.30. The smallest absolute Gasteiger partial charge is 0.263 e. The number of nitrogens with zero attached hydrogens (tertiary/aromatic N) is 5. The highest BCUT2D eigenvalue weighted by Crippen LogP contribution is 2.22. The van der Waals surface area contributed by atoms with Crippen molar-refractivity contribution >= 4 is 11.8 Å². The number of pyridine rings is 2. The van der Waals surface area contributed by atoms with E-state index in [1.54, 1.807) is 29.2 Å². The summed E-state index contributed by atoms with van der Waals surface area (Å²) in [6, 6.07) is 5.54. The van der Waals surface area contributed by atoms with Crippen LogP contribution in [0.25, 0.3) is 0 Å². The van der Waals surface area contributed by atoms with Crippen LogP contribution in [0.1, 0.15) is 33.6 Å². The maximum Gasteiger partial charge on any atom is 0.263 e. The second kappa shape index (κ2) is 9.01. The number of aromatic nitrogens is 2. The molecule has 0 saturated carbocycles. The van der Waals surface area contributed by atoms with E-state index in [-0.39, 0.29) is 29.4 Å². The first-order valence-electron chi connectivity index (χ1n) is 10.8. The fourth-order valence-electron chi connectivity index (χ4n) is 4.40. The lowest BCUT2D eigenvalue weighted by Crippen LogP contribution is -2.43. The van der Waals surface area contributed by atoms with E-state index in [2.05, 4.69) is 9.88 Å². The molecule has 0 N–H and O–H groups in total. The molecule has 0 atom stereocenters. The van der Waals surface area contributed by atoms with Crippen LogP contribution in [0.4, 0.5) is 0 Å². The van der Waals surface area contributed by atoms with Crippen LogP contribution < -0.4 is 5.56 Å². The molecule has 0 unspecified atom stereocenters. The van der Waals surface area contributed by atoms with Gasteiger partial charge in [-0.05, 0) is 49.7 Å². The Morgan fingerprint density at radius 1 is 1.03 bits per heavy atom. The van der Waals surface area contributed by atoms with Crippen LogP contribution in [0.2, 0.25) is 0 Å². The first-order chi connectivity index (χ1) is 14.9. The van der Waals surface area contributed by atoms with Crippen LogP contribution in [0.3, 0.4) is 0 Å². The van der Waals surface area contributed by atoms with Gasteiger partial charge in [-0.3, -0.25) is 19.4 Å². The molecule has 4 rings (SSSR count). The number of amides is 2. The molecule has 164 valence electrons. The van der Waals surface area contributed by atoms with Crippen molar-refractivity contribution in [2.45, 2.75) is 25.8 Å². The lowest BCUT2D eigenvalue weighted by atomic mass is 9.95. The zero-order valence-corrected chi connectivity index (χ0v) is 18.2. The van der Waals surface area contributed by atoms with Gasteiger partial charge < -0.3 is 19.3 Å². The summed E-state index contributed by atoms with van der Waals surface area (Å²) in [7, 11) is 3.72. The van der Waals surface area contributed by atoms with Crippen LogP contribution in [0, 0.1) is 0 Å². The third-order valence-corrected chi connectivity index (χ3v) is 6.20. The van der Waals surface area contributed by atoms with Crippen molar-refractivity contribution in [1.29, 1.82) is 0 Å². The van der Waals surface area contributed by atoms with Gasteiger partial charge in [-0.2, -0.15) is 0 Å². The molecule has 2 aromatic rings. The van der Waals surface area contributed by atoms with Gasteiger partial charge in [0.05, 0.1) is 6.42 Å². The molecule has 1 fully saturated rings. The molecule has 0 aliphatic carbocycles. The van der Waals surface area contributed by atoms with E-state index in [1.807, 2.05) is 25.2 Å². The van der Waals surface area contributed by atoms with Gasteiger partial charge in [0, 0.05) is 57.9 Å². The maximum absolute atomic E-state index is 13.4. The second-order valence-electron chi connectivity index (χ2n) is 8.44. The van der Waals surface area contributed by atoms with Gasteiger partial charge in [0.15, 0.2) is 0 Å². The number of aryl methyl sites for hydroxylation is 1. The molecular weight excluding hydrogens is 394 g/mol. The number of hydrogen-bond acceptors (Lipinski definition) is 5. The predicted molar refractivity (Wildman–Crippen MR) is 117 cm³/mol. The number of carbonyl (C=O) groups is 2. The highest BCUT2D eigenvalue weighted by atomic mass is 16.2. The highest BCUT2D eigenvalue weighted by molar-refractivity contribution is 5.96. The minimum atomic E-state index is -0.255. The summed E-state index contributed by atoms with van der Waals surface area (Å²) < 4.78 is 1.47. The lowest BCUT2D eigenvalue weighted by Gasteiger charge is -2.31. The Morgan fingerprint density at radius 2 is 1.87 bits per heavy atom. The largest absolute Gasteiger partial charge is 0.338 e. The first-order valence-corrected chi connectivity index (χ1v) is 10.8. The van der Waals surface area contributed by atoms with Gasteiger partial charge in [-0.25, -0.2) is 0 Å². The quantitative estimate of drug-likeness (QED) is 0.726. The topological polar surface area (TPSA) is 78.8 Å². The van der Waals surface area contributed by atoms with E-state index in [0.29, 0.717) is 32.6 Å². The van der Waals surface area contributed by atoms with Gasteiger partial charge in [-0.1, -0.05) is 6.07 Å². The Hall–Kier alpha value is -3.00. The average Bonchev–Trinajstić information content (AvgIpc) is 2.99. The number of fused-ring (bicyclic) bond motifs is 1. The van der Waals surface area contributed by atoms with E-state index in [4.69, 9.17) is 0 Å². The molecule has 2 amide bonds. The summed E-state index contributed by atoms with van der Waals surface area (Å²) in [5.74, 6) is -0.178. The average molecular weight is 424 g/mol. The van der Waals surface area contributed by atoms with Gasteiger partial charge in [0.1, 0.15) is 5.56 Å². The molecule has 8 nitrogen and oxygen atoms in total. The van der Waals surface area contributed by atoms with Crippen molar-refractivity contribution in [3.05, 3.63) is 63.3 Å². The Bertz CT molecular complexity index is 1030. The van der Waals surface area contributed by atoms with Gasteiger partial charge in [-0.15, -0.1) is 0 Å². The SMILES string of the molecule is CN1CCCN(C(=O)c2c3c(cn(C)c2=O)CN(C(=O)Cc2ccccn2)CC3)CC1. The third kappa shape index (κ3) is 4.54. The molecule has 4 heterocycles. The molecule has 1 saturated heterocycles. The van der Waals surface area contributed by atoms with Gasteiger partial charge in [0.25, 0.3) is 11.5 Å². The van der Waals surface area contributed by atoms with Crippen molar-refractivity contribution in [3.63, 3.8) is 0 Å². The summed E-state index contributed by atoms with van der Waals surface area (Å²) in [6.07, 6.45) is 5.10. The van der Waals surface area contributed by atoms with E-state index in [1.165, 1.54) is 4.57 Å². The Labute approximate surface area is 182 Å². The fraction of sp³-hybridized carbons (Fsp3) is 0.478. The van der Waals surface area contributed by atoms with Gasteiger partial charge >= 0.3 is 0 Å². The molecule has 0 aromatic carbocycles. The molecule has 0 spiro atoms. The van der Waals surface area contributed by atoms with E-state index in [0.717, 1.165) is 36.3 Å². The number of likely N-dealkylation sites (N-methyl/N-ethyl adjacent to an activating group) is 1. The van der Waals surface area contributed by atoms with E-state index >= 15 is 0 Å². The third-order valence-electron chi connectivity index (χ3n) is 6.20. The first kappa shape index (κ1) is 21.2. The molecule has 31 heavy (non-hydrogen) atoms. The number of carbonyl (C=O) groups excluding carboxylic acids is 2. The molecule has 2 aliphatic heterocycles. The van der Waals surface area contributed by atoms with Crippen LogP contribution in [-0.4, -0.2) is 75.8 Å². The zero-order valence-electron chi connectivity index (χ0n) is 18.2. The number of rotatable bonds is 3. The molecule has 0 radical (unpaired) electrons. The van der Waals surface area contributed by atoms with Crippen LogP contribution in [0.5, 0.6) is 0 Å². The summed E-state index contributed by atoms with van der Waals surface area (Å²) in [5.41, 5.74) is 2.43. The monoisotopic (exact) mass is 423 g/mol. The minimum Gasteiger partial charge on any atom is -0.338 e. The van der Waals surface area contributed by atoms with E-state index in [9.17, 15) is 14.4 Å². The summed E-state index contributed by atoms with van der Waals surface area (Å²) >= 11 is 0. The maximum atomic E-state index is 13.4. The molecule has 2 aromatic heterocycles. The standard InChI is InChI=1S/C23H29N5O3/c1-25-9-5-10-27(13-12-25)23(31)21-19-7-11-28(16-17(19)15-26(2)22(21)30)20(29)14-18-6-3-4-8-24-18/h3-4,6,8,15H,5,7,9-14,16H2,1-2H3. The Morgan fingerprint density at radius 3 is 2.65 bits per heavy atom. The van der Waals surface area contributed by atoms with Crippen LogP contribution in [0.15, 0.2) is 35.4 Å². The second-order valence-corrected chi connectivity index (χ2v) is 8.44. The van der Waals surface area contributed by atoms with Crippen LogP contribution in [-0.2, 0) is 31.2 Å². The Kier molecular flexibility index (Phi) is 6.18. The molecular formula is C23H29N5O3. The van der Waals surface area contributed by atoms with E-state index < -0.39 is 0 Å². The predicted octanol–water partition coefficient (Wildman–Crippen LogP) is 0.685. The van der Waals surface area contributed by atoms with Crippen molar-refractivity contribution in [2.24, 2.45) is 7.05 Å². The van der Waals surface area contributed by atoms with Crippen molar-refractivity contribution in [2.75, 3.05) is 39.8 Å². The normalized spacial score (nSPS) is 17.2. The summed E-state index contributed by atoms with van der Waals surface area (Å²) in [6.45, 7) is 3.92. The lowest BCUT2D eigenvalue weighted by molar-refractivity contribution is -0.131. The van der Waals surface area contributed by atoms with Crippen molar-refractivity contribution in [1.82, 2.24) is 24.3 Å². The molecule has 2 aliphatic rings. The Balaban J connectivity index is 1.57.